The van der Waals surface area contributed by atoms with Crippen molar-refractivity contribution in [1.29, 1.82) is 0 Å². The SMILES string of the molecule is CC1(C(=O)Cc2cccc(NS(=O)(=O)c3cccc(-c4nnc(-c5ccccn5)o4)c3)c2)CC1. The predicted octanol–water partition coefficient (Wildman–Crippen LogP) is 4.51. The minimum atomic E-state index is -3.89. The second kappa shape index (κ2) is 8.49. The van der Waals surface area contributed by atoms with Crippen LogP contribution in [0.2, 0.25) is 0 Å². The number of anilines is 1. The van der Waals surface area contributed by atoms with Crippen molar-refractivity contribution in [2.75, 3.05) is 4.72 Å². The minimum absolute atomic E-state index is 0.0505. The van der Waals surface area contributed by atoms with Gasteiger partial charge in [0, 0.05) is 29.3 Å². The van der Waals surface area contributed by atoms with Gasteiger partial charge in [-0.3, -0.25) is 14.5 Å². The molecular formula is C25H22N4O4S. The molecule has 1 aliphatic rings. The van der Waals surface area contributed by atoms with E-state index >= 15 is 0 Å². The van der Waals surface area contributed by atoms with Gasteiger partial charge >= 0.3 is 0 Å². The number of nitrogens with zero attached hydrogens (tertiary/aromatic N) is 3. The fourth-order valence-electron chi connectivity index (χ4n) is 3.55. The molecule has 0 unspecified atom stereocenters. The van der Waals surface area contributed by atoms with Crippen LogP contribution in [0.5, 0.6) is 0 Å². The lowest BCUT2D eigenvalue weighted by molar-refractivity contribution is -0.122. The third-order valence-corrected chi connectivity index (χ3v) is 7.30. The molecule has 0 saturated heterocycles. The van der Waals surface area contributed by atoms with Crippen molar-refractivity contribution in [2.24, 2.45) is 5.41 Å². The summed E-state index contributed by atoms with van der Waals surface area (Å²) < 4.78 is 34.4. The lowest BCUT2D eigenvalue weighted by Gasteiger charge is -2.11. The molecule has 0 spiro atoms. The Morgan fingerprint density at radius 3 is 2.56 bits per heavy atom. The first-order valence-corrected chi connectivity index (χ1v) is 12.3. The van der Waals surface area contributed by atoms with E-state index in [-0.39, 0.29) is 34.3 Å². The quantitative estimate of drug-likeness (QED) is 0.399. The van der Waals surface area contributed by atoms with Gasteiger partial charge in [0.25, 0.3) is 15.9 Å². The summed E-state index contributed by atoms with van der Waals surface area (Å²) in [6.45, 7) is 1.97. The van der Waals surface area contributed by atoms with Gasteiger partial charge in [-0.1, -0.05) is 31.2 Å². The monoisotopic (exact) mass is 474 g/mol. The highest BCUT2D eigenvalue weighted by molar-refractivity contribution is 7.92. The van der Waals surface area contributed by atoms with Gasteiger partial charge < -0.3 is 4.42 Å². The Kier molecular flexibility index (Phi) is 5.49. The second-order valence-corrected chi connectivity index (χ2v) is 10.3. The maximum atomic E-state index is 13.1. The molecule has 0 aliphatic heterocycles. The molecule has 2 aromatic carbocycles. The van der Waals surface area contributed by atoms with E-state index in [1.54, 1.807) is 48.7 Å². The van der Waals surface area contributed by atoms with E-state index in [0.717, 1.165) is 18.4 Å². The van der Waals surface area contributed by atoms with Crippen molar-refractivity contribution in [3.05, 3.63) is 78.5 Å². The highest BCUT2D eigenvalue weighted by Gasteiger charge is 2.43. The van der Waals surface area contributed by atoms with Crippen LogP contribution in [0.15, 0.2) is 82.2 Å². The van der Waals surface area contributed by atoms with Gasteiger partial charge in [-0.15, -0.1) is 10.2 Å². The Balaban J connectivity index is 1.35. The molecule has 172 valence electrons. The number of Topliss-reactive ketones (excluding diaryl/α,β-unsaturated/α-hetero) is 1. The van der Waals surface area contributed by atoms with E-state index in [0.29, 0.717) is 16.9 Å². The molecule has 1 fully saturated rings. The molecule has 34 heavy (non-hydrogen) atoms. The molecule has 9 heteroatoms. The maximum Gasteiger partial charge on any atom is 0.266 e. The molecule has 0 atom stereocenters. The number of aromatic nitrogens is 3. The van der Waals surface area contributed by atoms with Crippen LogP contribution in [0, 0.1) is 5.41 Å². The topological polar surface area (TPSA) is 115 Å². The van der Waals surface area contributed by atoms with Crippen LogP contribution < -0.4 is 4.72 Å². The van der Waals surface area contributed by atoms with Crippen molar-refractivity contribution in [3.63, 3.8) is 0 Å². The largest absolute Gasteiger partial charge is 0.415 e. The fourth-order valence-corrected chi connectivity index (χ4v) is 4.65. The molecule has 4 aromatic rings. The Labute approximate surface area is 197 Å². The van der Waals surface area contributed by atoms with Gasteiger partial charge in [0.05, 0.1) is 4.90 Å². The fraction of sp³-hybridized carbons (Fsp3) is 0.200. The zero-order valence-corrected chi connectivity index (χ0v) is 19.2. The van der Waals surface area contributed by atoms with Gasteiger partial charge in [0.1, 0.15) is 11.5 Å². The number of pyridine rings is 1. The summed E-state index contributed by atoms with van der Waals surface area (Å²) in [6, 6.07) is 18.5. The summed E-state index contributed by atoms with van der Waals surface area (Å²) in [5.41, 5.74) is 1.95. The number of rotatable bonds is 8. The number of benzene rings is 2. The van der Waals surface area contributed by atoms with Gasteiger partial charge in [-0.2, -0.15) is 0 Å². The van der Waals surface area contributed by atoms with Gasteiger partial charge in [0.2, 0.25) is 5.89 Å². The van der Waals surface area contributed by atoms with E-state index in [1.807, 2.05) is 19.1 Å². The Morgan fingerprint density at radius 2 is 1.79 bits per heavy atom. The molecule has 8 nitrogen and oxygen atoms in total. The first-order chi connectivity index (χ1) is 16.3. The lowest BCUT2D eigenvalue weighted by Crippen LogP contribution is -2.15. The second-order valence-electron chi connectivity index (χ2n) is 8.62. The number of carbonyl (C=O) groups excluding carboxylic acids is 1. The summed E-state index contributed by atoms with van der Waals surface area (Å²) in [4.78, 5) is 16.6. The van der Waals surface area contributed by atoms with Crippen LogP contribution in [-0.2, 0) is 21.2 Å². The van der Waals surface area contributed by atoms with Crippen LogP contribution in [0.25, 0.3) is 23.0 Å². The zero-order valence-electron chi connectivity index (χ0n) is 18.4. The average molecular weight is 475 g/mol. The third-order valence-electron chi connectivity index (χ3n) is 5.92. The van der Waals surface area contributed by atoms with Gasteiger partial charge in [-0.25, -0.2) is 8.42 Å². The van der Waals surface area contributed by atoms with E-state index < -0.39 is 10.0 Å². The number of sulfonamides is 1. The van der Waals surface area contributed by atoms with Crippen LogP contribution in [-0.4, -0.2) is 29.4 Å². The molecule has 2 heterocycles. The standard InChI is InChI=1S/C25H22N4O4S/c1-25(11-12-25)22(30)15-17-6-4-8-19(14-17)29-34(31,32)20-9-5-7-18(16-20)23-27-28-24(33-23)21-10-2-3-13-26-21/h2-10,13-14,16,29H,11-12,15H2,1H3. The first-order valence-electron chi connectivity index (χ1n) is 10.8. The molecule has 0 amide bonds. The number of hydrogen-bond acceptors (Lipinski definition) is 7. The van der Waals surface area contributed by atoms with Crippen LogP contribution in [0.3, 0.4) is 0 Å². The Bertz CT molecular complexity index is 1460. The minimum Gasteiger partial charge on any atom is -0.415 e. The van der Waals surface area contributed by atoms with Crippen molar-refractivity contribution in [3.8, 4) is 23.0 Å². The van der Waals surface area contributed by atoms with Gasteiger partial charge in [-0.05, 0) is 60.9 Å². The molecule has 1 saturated carbocycles. The first kappa shape index (κ1) is 22.0. The predicted molar refractivity (Wildman–Crippen MR) is 126 cm³/mol. The van der Waals surface area contributed by atoms with E-state index in [4.69, 9.17) is 4.42 Å². The molecule has 1 aliphatic carbocycles. The highest BCUT2D eigenvalue weighted by Crippen LogP contribution is 2.46. The number of nitrogens with one attached hydrogen (secondary N) is 1. The lowest BCUT2D eigenvalue weighted by atomic mass is 9.97. The number of ketones is 1. The summed E-state index contributed by atoms with van der Waals surface area (Å²) >= 11 is 0. The van der Waals surface area contributed by atoms with E-state index in [2.05, 4.69) is 19.9 Å². The summed E-state index contributed by atoms with van der Waals surface area (Å²) in [7, 11) is -3.89. The molecule has 2 aromatic heterocycles. The average Bonchev–Trinajstić information content (AvgIpc) is 3.40. The van der Waals surface area contributed by atoms with Crippen molar-refractivity contribution < 1.29 is 17.6 Å². The van der Waals surface area contributed by atoms with Crippen molar-refractivity contribution >= 4 is 21.5 Å². The number of hydrogen-bond donors (Lipinski definition) is 1. The molecule has 1 N–H and O–H groups in total. The van der Waals surface area contributed by atoms with Gasteiger partial charge in [0.15, 0.2) is 0 Å². The number of carbonyl (C=O) groups is 1. The summed E-state index contributed by atoms with van der Waals surface area (Å²) in [6.07, 6.45) is 3.74. The summed E-state index contributed by atoms with van der Waals surface area (Å²) in [5, 5.41) is 8.04. The molecule has 0 bridgehead atoms. The third kappa shape index (κ3) is 4.60. The van der Waals surface area contributed by atoms with Crippen molar-refractivity contribution in [1.82, 2.24) is 15.2 Å². The van der Waals surface area contributed by atoms with Crippen molar-refractivity contribution in [2.45, 2.75) is 31.1 Å². The summed E-state index contributed by atoms with van der Waals surface area (Å²) in [5.74, 6) is 0.616. The van der Waals surface area contributed by atoms with Crippen LogP contribution >= 0.6 is 0 Å². The maximum absolute atomic E-state index is 13.1. The highest BCUT2D eigenvalue weighted by atomic mass is 32.2. The molecule has 0 radical (unpaired) electrons. The zero-order chi connectivity index (χ0) is 23.8. The molecule has 5 rings (SSSR count). The van der Waals surface area contributed by atoms with E-state index in [1.165, 1.54) is 12.1 Å². The van der Waals surface area contributed by atoms with Crippen LogP contribution in [0.4, 0.5) is 5.69 Å². The molecular weight excluding hydrogens is 452 g/mol. The normalized spacial score (nSPS) is 14.5. The van der Waals surface area contributed by atoms with Crippen LogP contribution in [0.1, 0.15) is 25.3 Å². The van der Waals surface area contributed by atoms with E-state index in [9.17, 15) is 13.2 Å². The smallest absolute Gasteiger partial charge is 0.266 e. The Morgan fingerprint density at radius 1 is 1.00 bits per heavy atom. The Hall–Kier alpha value is -3.85.